The van der Waals surface area contributed by atoms with Gasteiger partial charge in [0.2, 0.25) is 10.0 Å². The first kappa shape index (κ1) is 17.3. The molecule has 2 unspecified atom stereocenters. The standard InChI is InChI=1S/C14H24N2O2S3/c1-3-15-9-11-8-14(20-10-11)21(17,18)16-12-6-5-7-13(12)19-4-2/h8,10,12-13,15-16H,3-7,9H2,1-2H3. The van der Waals surface area contributed by atoms with Crippen LogP contribution < -0.4 is 10.0 Å². The molecule has 4 nitrogen and oxygen atoms in total. The third-order valence-corrected chi connectivity index (χ3v) is 7.92. The van der Waals surface area contributed by atoms with Crippen molar-refractivity contribution in [3.8, 4) is 0 Å². The summed E-state index contributed by atoms with van der Waals surface area (Å²) in [5, 5.41) is 5.56. The Kier molecular flexibility index (Phi) is 6.55. The van der Waals surface area contributed by atoms with Crippen LogP contribution in [0.25, 0.3) is 0 Å². The Morgan fingerprint density at radius 1 is 1.38 bits per heavy atom. The second-order valence-electron chi connectivity index (χ2n) is 5.21. The molecule has 1 aliphatic carbocycles. The van der Waals surface area contributed by atoms with Gasteiger partial charge in [0.15, 0.2) is 0 Å². The van der Waals surface area contributed by atoms with Crippen molar-refractivity contribution >= 4 is 33.1 Å². The van der Waals surface area contributed by atoms with E-state index in [1.165, 1.54) is 11.3 Å². The zero-order valence-corrected chi connectivity index (χ0v) is 15.0. The highest BCUT2D eigenvalue weighted by atomic mass is 32.2. The molecule has 1 aromatic heterocycles. The number of nitrogens with one attached hydrogen (secondary N) is 2. The lowest BCUT2D eigenvalue weighted by Crippen LogP contribution is -2.38. The van der Waals surface area contributed by atoms with Crippen molar-refractivity contribution in [2.75, 3.05) is 12.3 Å². The van der Waals surface area contributed by atoms with Crippen LogP contribution in [-0.2, 0) is 16.6 Å². The average Bonchev–Trinajstić information content (AvgIpc) is 3.07. The Balaban J connectivity index is 2.02. The van der Waals surface area contributed by atoms with Crippen LogP contribution in [0.5, 0.6) is 0 Å². The Bertz CT molecular complexity index is 542. The van der Waals surface area contributed by atoms with Gasteiger partial charge in [-0.25, -0.2) is 13.1 Å². The van der Waals surface area contributed by atoms with Gasteiger partial charge in [-0.1, -0.05) is 20.3 Å². The van der Waals surface area contributed by atoms with Crippen molar-refractivity contribution in [1.29, 1.82) is 0 Å². The number of thioether (sulfide) groups is 1. The summed E-state index contributed by atoms with van der Waals surface area (Å²) in [6.45, 7) is 5.77. The van der Waals surface area contributed by atoms with Crippen LogP contribution in [0, 0.1) is 0 Å². The third-order valence-electron chi connectivity index (χ3n) is 3.61. The quantitative estimate of drug-likeness (QED) is 0.758. The van der Waals surface area contributed by atoms with Crippen LogP contribution in [0.1, 0.15) is 38.7 Å². The molecule has 0 bridgehead atoms. The molecule has 1 heterocycles. The van der Waals surface area contributed by atoms with Crippen molar-refractivity contribution in [2.24, 2.45) is 0 Å². The molecule has 2 rings (SSSR count). The van der Waals surface area contributed by atoms with E-state index in [0.717, 1.165) is 43.7 Å². The molecule has 0 amide bonds. The molecular formula is C14H24N2O2S3. The number of sulfonamides is 1. The summed E-state index contributed by atoms with van der Waals surface area (Å²) in [4.78, 5) is 0. The largest absolute Gasteiger partial charge is 0.313 e. The molecule has 0 spiro atoms. The van der Waals surface area contributed by atoms with E-state index in [9.17, 15) is 8.42 Å². The molecule has 0 aromatic carbocycles. The predicted molar refractivity (Wildman–Crippen MR) is 91.6 cm³/mol. The van der Waals surface area contributed by atoms with Gasteiger partial charge in [-0.2, -0.15) is 11.8 Å². The minimum atomic E-state index is -3.37. The Morgan fingerprint density at radius 2 is 2.19 bits per heavy atom. The minimum Gasteiger partial charge on any atom is -0.313 e. The zero-order chi connectivity index (χ0) is 15.3. The lowest BCUT2D eigenvalue weighted by atomic mass is 10.3. The van der Waals surface area contributed by atoms with Gasteiger partial charge in [-0.3, -0.25) is 0 Å². The predicted octanol–water partition coefficient (Wildman–Crippen LogP) is 2.81. The monoisotopic (exact) mass is 348 g/mol. The molecule has 120 valence electrons. The lowest BCUT2D eigenvalue weighted by Gasteiger charge is -2.19. The Hall–Kier alpha value is -0.0800. The van der Waals surface area contributed by atoms with Gasteiger partial charge in [-0.05, 0) is 42.1 Å². The number of rotatable bonds is 8. The molecule has 1 fully saturated rings. The van der Waals surface area contributed by atoms with Crippen LogP contribution >= 0.6 is 23.1 Å². The van der Waals surface area contributed by atoms with Gasteiger partial charge >= 0.3 is 0 Å². The minimum absolute atomic E-state index is 0.0827. The molecular weight excluding hydrogens is 324 g/mol. The summed E-state index contributed by atoms with van der Waals surface area (Å²) >= 11 is 3.17. The SMILES string of the molecule is CCNCc1csc(S(=O)(=O)NC2CCCC2SCC)c1. The first-order chi connectivity index (χ1) is 10.1. The summed E-state index contributed by atoms with van der Waals surface area (Å²) < 4.78 is 28.3. The molecule has 0 radical (unpaired) electrons. The van der Waals surface area contributed by atoms with Gasteiger partial charge in [0.05, 0.1) is 0 Å². The molecule has 1 aromatic rings. The van der Waals surface area contributed by atoms with Crippen LogP contribution in [0.2, 0.25) is 0 Å². The Morgan fingerprint density at radius 3 is 2.90 bits per heavy atom. The third kappa shape index (κ3) is 4.69. The summed E-state index contributed by atoms with van der Waals surface area (Å²) in [5.41, 5.74) is 1.04. The van der Waals surface area contributed by atoms with Gasteiger partial charge in [0.1, 0.15) is 4.21 Å². The molecule has 7 heteroatoms. The van der Waals surface area contributed by atoms with E-state index >= 15 is 0 Å². The summed E-state index contributed by atoms with van der Waals surface area (Å²) in [6.07, 6.45) is 3.18. The van der Waals surface area contributed by atoms with E-state index in [1.54, 1.807) is 6.07 Å². The average molecular weight is 349 g/mol. The van der Waals surface area contributed by atoms with Crippen molar-refractivity contribution in [3.63, 3.8) is 0 Å². The fraction of sp³-hybridized carbons (Fsp3) is 0.714. The second kappa shape index (κ2) is 7.97. The van der Waals surface area contributed by atoms with Crippen LogP contribution in [-0.4, -0.2) is 32.0 Å². The van der Waals surface area contributed by atoms with Crippen molar-refractivity contribution < 1.29 is 8.42 Å². The van der Waals surface area contributed by atoms with Gasteiger partial charge in [-0.15, -0.1) is 11.3 Å². The molecule has 2 atom stereocenters. The fourth-order valence-corrected chi connectivity index (χ4v) is 6.41. The highest BCUT2D eigenvalue weighted by molar-refractivity contribution is 8.00. The van der Waals surface area contributed by atoms with Crippen molar-refractivity contribution in [1.82, 2.24) is 10.0 Å². The molecule has 1 saturated carbocycles. The first-order valence-electron chi connectivity index (χ1n) is 7.49. The van der Waals surface area contributed by atoms with Crippen molar-refractivity contribution in [2.45, 2.75) is 55.2 Å². The smallest absolute Gasteiger partial charge is 0.250 e. The van der Waals surface area contributed by atoms with Crippen LogP contribution in [0.4, 0.5) is 0 Å². The zero-order valence-electron chi connectivity index (χ0n) is 12.6. The summed E-state index contributed by atoms with van der Waals surface area (Å²) in [5.74, 6) is 1.04. The number of thiophene rings is 1. The molecule has 1 aliphatic rings. The van der Waals surface area contributed by atoms with E-state index in [1.807, 2.05) is 24.1 Å². The first-order valence-corrected chi connectivity index (χ1v) is 10.9. The van der Waals surface area contributed by atoms with E-state index in [0.29, 0.717) is 9.46 Å². The maximum Gasteiger partial charge on any atom is 0.250 e. The highest BCUT2D eigenvalue weighted by Crippen LogP contribution is 2.31. The summed E-state index contributed by atoms with van der Waals surface area (Å²) in [6, 6.07) is 1.87. The van der Waals surface area contributed by atoms with Gasteiger partial charge in [0.25, 0.3) is 0 Å². The number of hydrogen-bond acceptors (Lipinski definition) is 5. The Labute approximate surface area is 136 Å². The highest BCUT2D eigenvalue weighted by Gasteiger charge is 2.31. The van der Waals surface area contributed by atoms with Gasteiger partial charge < -0.3 is 5.32 Å². The summed E-state index contributed by atoms with van der Waals surface area (Å²) in [7, 11) is -3.37. The van der Waals surface area contributed by atoms with Crippen molar-refractivity contribution in [3.05, 3.63) is 17.0 Å². The maximum absolute atomic E-state index is 12.5. The fourth-order valence-electron chi connectivity index (χ4n) is 2.59. The van der Waals surface area contributed by atoms with E-state index < -0.39 is 10.0 Å². The van der Waals surface area contributed by atoms with E-state index in [-0.39, 0.29) is 6.04 Å². The second-order valence-corrected chi connectivity index (χ2v) is 9.58. The normalized spacial score (nSPS) is 22.8. The number of hydrogen-bond donors (Lipinski definition) is 2. The molecule has 0 saturated heterocycles. The van der Waals surface area contributed by atoms with Crippen LogP contribution in [0.15, 0.2) is 15.7 Å². The van der Waals surface area contributed by atoms with Gasteiger partial charge in [0, 0.05) is 17.8 Å². The van der Waals surface area contributed by atoms with E-state index in [4.69, 9.17) is 0 Å². The van der Waals surface area contributed by atoms with Crippen LogP contribution in [0.3, 0.4) is 0 Å². The molecule has 21 heavy (non-hydrogen) atoms. The topological polar surface area (TPSA) is 58.2 Å². The molecule has 0 aliphatic heterocycles. The molecule has 2 N–H and O–H groups in total. The van der Waals surface area contributed by atoms with E-state index in [2.05, 4.69) is 17.0 Å². The lowest BCUT2D eigenvalue weighted by molar-refractivity contribution is 0.557. The maximum atomic E-state index is 12.5.